The average Bonchev–Trinajstić information content (AvgIpc) is 2.61. The molecule has 1 amide bonds. The van der Waals surface area contributed by atoms with Crippen LogP contribution in [0.2, 0.25) is 0 Å². The normalized spacial score (nSPS) is 11.3. The standard InChI is InChI=1S/C11H18FN3O2/c1-11(2,3)17-10(16)13-6-9-7-14-15(8-9)5-4-12/h7-8H,4-6H2,1-3H3,(H,13,16). The fourth-order valence-electron chi connectivity index (χ4n) is 1.19. The molecule has 0 aliphatic carbocycles. The van der Waals surface area contributed by atoms with Crippen molar-refractivity contribution in [1.82, 2.24) is 15.1 Å². The van der Waals surface area contributed by atoms with Crippen LogP contribution in [0.5, 0.6) is 0 Å². The van der Waals surface area contributed by atoms with Gasteiger partial charge in [-0.05, 0) is 20.8 Å². The lowest BCUT2D eigenvalue weighted by molar-refractivity contribution is 0.0523. The topological polar surface area (TPSA) is 56.1 Å². The van der Waals surface area contributed by atoms with Gasteiger partial charge in [-0.3, -0.25) is 4.68 Å². The van der Waals surface area contributed by atoms with Gasteiger partial charge in [0, 0.05) is 18.3 Å². The maximum atomic E-state index is 12.0. The summed E-state index contributed by atoms with van der Waals surface area (Å²) in [5, 5.41) is 6.55. The summed E-state index contributed by atoms with van der Waals surface area (Å²) in [7, 11) is 0. The number of alkyl carbamates (subject to hydrolysis) is 1. The second-order valence-electron chi connectivity index (χ2n) is 4.66. The summed E-state index contributed by atoms with van der Waals surface area (Å²) in [6.07, 6.45) is 2.81. The number of nitrogens with zero attached hydrogens (tertiary/aromatic N) is 2. The predicted molar refractivity (Wildman–Crippen MR) is 61.3 cm³/mol. The maximum absolute atomic E-state index is 12.0. The Hall–Kier alpha value is -1.59. The number of hydrogen-bond donors (Lipinski definition) is 1. The summed E-state index contributed by atoms with van der Waals surface area (Å²) >= 11 is 0. The number of hydrogen-bond acceptors (Lipinski definition) is 3. The van der Waals surface area contributed by atoms with Crippen LogP contribution in [0.3, 0.4) is 0 Å². The maximum Gasteiger partial charge on any atom is 0.407 e. The fraction of sp³-hybridized carbons (Fsp3) is 0.636. The van der Waals surface area contributed by atoms with Gasteiger partial charge in [0.15, 0.2) is 0 Å². The van der Waals surface area contributed by atoms with Crippen molar-refractivity contribution in [2.24, 2.45) is 0 Å². The van der Waals surface area contributed by atoms with Crippen molar-refractivity contribution in [3.8, 4) is 0 Å². The first kappa shape index (κ1) is 13.5. The molecule has 0 aliphatic rings. The molecule has 17 heavy (non-hydrogen) atoms. The first-order valence-corrected chi connectivity index (χ1v) is 5.45. The summed E-state index contributed by atoms with van der Waals surface area (Å²) in [4.78, 5) is 11.3. The van der Waals surface area contributed by atoms with E-state index in [-0.39, 0.29) is 6.54 Å². The van der Waals surface area contributed by atoms with Crippen LogP contribution in [0.15, 0.2) is 12.4 Å². The molecule has 0 bridgehead atoms. The highest BCUT2D eigenvalue weighted by atomic mass is 19.1. The molecule has 6 heteroatoms. The van der Waals surface area contributed by atoms with E-state index >= 15 is 0 Å². The van der Waals surface area contributed by atoms with E-state index in [1.54, 1.807) is 33.2 Å². The largest absolute Gasteiger partial charge is 0.444 e. The van der Waals surface area contributed by atoms with Crippen LogP contribution in [0.25, 0.3) is 0 Å². The van der Waals surface area contributed by atoms with Gasteiger partial charge in [-0.1, -0.05) is 0 Å². The molecule has 0 unspecified atom stereocenters. The Bertz CT molecular complexity index is 371. The van der Waals surface area contributed by atoms with E-state index in [1.807, 2.05) is 0 Å². The summed E-state index contributed by atoms with van der Waals surface area (Å²) in [6, 6.07) is 0. The number of carbonyl (C=O) groups excluding carboxylic acids is 1. The summed E-state index contributed by atoms with van der Waals surface area (Å²) < 4.78 is 18.6. The van der Waals surface area contributed by atoms with Gasteiger partial charge < -0.3 is 10.1 Å². The van der Waals surface area contributed by atoms with Crippen LogP contribution in [0.1, 0.15) is 26.3 Å². The third-order valence-electron chi connectivity index (χ3n) is 1.84. The Morgan fingerprint density at radius 2 is 2.29 bits per heavy atom. The van der Waals surface area contributed by atoms with Gasteiger partial charge in [0.1, 0.15) is 12.3 Å². The number of halogens is 1. The Morgan fingerprint density at radius 1 is 1.59 bits per heavy atom. The number of amides is 1. The number of rotatable bonds is 4. The van der Waals surface area contributed by atoms with Crippen molar-refractivity contribution in [2.75, 3.05) is 6.67 Å². The number of alkyl halides is 1. The van der Waals surface area contributed by atoms with E-state index in [9.17, 15) is 9.18 Å². The second-order valence-corrected chi connectivity index (χ2v) is 4.66. The lowest BCUT2D eigenvalue weighted by Crippen LogP contribution is -2.32. The quantitative estimate of drug-likeness (QED) is 0.878. The van der Waals surface area contributed by atoms with Gasteiger partial charge in [-0.15, -0.1) is 0 Å². The number of nitrogens with one attached hydrogen (secondary N) is 1. The molecule has 96 valence electrons. The van der Waals surface area contributed by atoms with Crippen LogP contribution < -0.4 is 5.32 Å². The predicted octanol–water partition coefficient (Wildman–Crippen LogP) is 1.88. The Morgan fingerprint density at radius 3 is 2.88 bits per heavy atom. The second kappa shape index (κ2) is 5.65. The van der Waals surface area contributed by atoms with Gasteiger partial charge in [0.25, 0.3) is 0 Å². The third-order valence-corrected chi connectivity index (χ3v) is 1.84. The molecule has 0 saturated heterocycles. The molecule has 0 saturated carbocycles. The van der Waals surface area contributed by atoms with E-state index in [2.05, 4.69) is 10.4 Å². The molecule has 0 aliphatic heterocycles. The number of carbonyl (C=O) groups is 1. The van der Waals surface area contributed by atoms with Gasteiger partial charge in [0.2, 0.25) is 0 Å². The van der Waals surface area contributed by atoms with Crippen molar-refractivity contribution < 1.29 is 13.9 Å². The molecule has 1 aromatic rings. The molecule has 0 radical (unpaired) electrons. The van der Waals surface area contributed by atoms with E-state index in [0.29, 0.717) is 6.54 Å². The molecule has 1 heterocycles. The molecule has 0 spiro atoms. The lowest BCUT2D eigenvalue weighted by Gasteiger charge is -2.19. The zero-order valence-electron chi connectivity index (χ0n) is 10.4. The Balaban J connectivity index is 2.37. The Labute approximate surface area is 99.9 Å². The number of aromatic nitrogens is 2. The number of aryl methyl sites for hydroxylation is 1. The van der Waals surface area contributed by atoms with Crippen LogP contribution in [-0.4, -0.2) is 28.1 Å². The fourth-order valence-corrected chi connectivity index (χ4v) is 1.19. The molecule has 0 aromatic carbocycles. The van der Waals surface area contributed by atoms with E-state index in [1.165, 1.54) is 4.68 Å². The monoisotopic (exact) mass is 243 g/mol. The van der Waals surface area contributed by atoms with Crippen molar-refractivity contribution in [2.45, 2.75) is 39.5 Å². The SMILES string of the molecule is CC(C)(C)OC(=O)NCc1cnn(CCF)c1. The van der Waals surface area contributed by atoms with E-state index in [4.69, 9.17) is 4.74 Å². The van der Waals surface area contributed by atoms with Crippen LogP contribution >= 0.6 is 0 Å². The minimum Gasteiger partial charge on any atom is -0.444 e. The zero-order valence-corrected chi connectivity index (χ0v) is 10.4. The summed E-state index contributed by atoms with van der Waals surface area (Å²) in [5.41, 5.74) is 0.298. The molecule has 1 N–H and O–H groups in total. The molecule has 0 fully saturated rings. The molecular weight excluding hydrogens is 225 g/mol. The highest BCUT2D eigenvalue weighted by Crippen LogP contribution is 2.06. The minimum absolute atomic E-state index is 0.229. The van der Waals surface area contributed by atoms with Crippen LogP contribution in [-0.2, 0) is 17.8 Å². The van der Waals surface area contributed by atoms with Crippen molar-refractivity contribution in [3.63, 3.8) is 0 Å². The lowest BCUT2D eigenvalue weighted by atomic mass is 10.2. The molecule has 1 rings (SSSR count). The van der Waals surface area contributed by atoms with Gasteiger partial charge in [-0.25, -0.2) is 9.18 Å². The summed E-state index contributed by atoms with van der Waals surface area (Å²) in [5.74, 6) is 0. The minimum atomic E-state index is -0.511. The van der Waals surface area contributed by atoms with E-state index in [0.717, 1.165) is 5.56 Å². The van der Waals surface area contributed by atoms with Crippen molar-refractivity contribution >= 4 is 6.09 Å². The molecular formula is C11H18FN3O2. The van der Waals surface area contributed by atoms with Crippen molar-refractivity contribution in [1.29, 1.82) is 0 Å². The van der Waals surface area contributed by atoms with Crippen LogP contribution in [0.4, 0.5) is 9.18 Å². The van der Waals surface area contributed by atoms with Gasteiger partial charge in [0.05, 0.1) is 12.7 Å². The third kappa shape index (κ3) is 5.33. The summed E-state index contributed by atoms with van der Waals surface area (Å²) in [6.45, 7) is 5.48. The van der Waals surface area contributed by atoms with Crippen LogP contribution in [0, 0.1) is 0 Å². The molecule has 1 aromatic heterocycles. The smallest absolute Gasteiger partial charge is 0.407 e. The molecule has 0 atom stereocenters. The highest BCUT2D eigenvalue weighted by Gasteiger charge is 2.15. The molecule has 5 nitrogen and oxygen atoms in total. The first-order valence-electron chi connectivity index (χ1n) is 5.45. The number of ether oxygens (including phenoxy) is 1. The van der Waals surface area contributed by atoms with E-state index < -0.39 is 18.4 Å². The first-order chi connectivity index (χ1) is 7.90. The Kier molecular flexibility index (Phi) is 4.48. The highest BCUT2D eigenvalue weighted by molar-refractivity contribution is 5.67. The van der Waals surface area contributed by atoms with Crippen molar-refractivity contribution in [3.05, 3.63) is 18.0 Å². The van der Waals surface area contributed by atoms with Gasteiger partial charge in [-0.2, -0.15) is 5.10 Å². The zero-order chi connectivity index (χ0) is 12.9. The average molecular weight is 243 g/mol. The van der Waals surface area contributed by atoms with Gasteiger partial charge >= 0.3 is 6.09 Å².